The summed E-state index contributed by atoms with van der Waals surface area (Å²) < 4.78 is 23.6. The average Bonchev–Trinajstić information content (AvgIpc) is 2.14. The second-order valence-electron chi connectivity index (χ2n) is 3.33. The number of phenols is 1. The van der Waals surface area contributed by atoms with E-state index < -0.39 is 21.0 Å². The van der Waals surface area contributed by atoms with Crippen LogP contribution in [0.5, 0.6) is 5.75 Å². The molecule has 1 amide bonds. The van der Waals surface area contributed by atoms with Crippen molar-refractivity contribution in [1.29, 1.82) is 0 Å². The van der Waals surface area contributed by atoms with Crippen molar-refractivity contribution in [3.05, 3.63) is 18.2 Å². The molecule has 1 aliphatic heterocycles. The number of carbonyl (C=O) groups excluding carboxylic acids is 1. The number of fused-ring (bicyclic) bond motifs is 1. The van der Waals surface area contributed by atoms with Crippen molar-refractivity contribution >= 4 is 21.4 Å². The van der Waals surface area contributed by atoms with E-state index in [2.05, 4.69) is 5.32 Å². The lowest BCUT2D eigenvalue weighted by Gasteiger charge is -2.22. The van der Waals surface area contributed by atoms with Gasteiger partial charge in [-0.2, -0.15) is 0 Å². The standard InChI is InChI=1S/C9H9NO4S/c1-5-9(12)10-6-3-2-4-7(11)8(6)15(5,13)14/h2-5,11H,1H3,(H,10,12). The summed E-state index contributed by atoms with van der Waals surface area (Å²) in [6, 6.07) is 4.19. The van der Waals surface area contributed by atoms with Crippen LogP contribution >= 0.6 is 0 Å². The Kier molecular flexibility index (Phi) is 1.97. The second-order valence-corrected chi connectivity index (χ2v) is 5.54. The molecule has 6 heteroatoms. The van der Waals surface area contributed by atoms with E-state index >= 15 is 0 Å². The zero-order valence-electron chi connectivity index (χ0n) is 7.89. The van der Waals surface area contributed by atoms with Gasteiger partial charge in [-0.15, -0.1) is 0 Å². The Hall–Kier alpha value is -1.56. The molecule has 0 spiro atoms. The molecule has 15 heavy (non-hydrogen) atoms. The van der Waals surface area contributed by atoms with Gasteiger partial charge in [-0.25, -0.2) is 8.42 Å². The molecule has 0 saturated carbocycles. The molecule has 0 bridgehead atoms. The molecule has 1 aliphatic rings. The molecule has 5 nitrogen and oxygen atoms in total. The van der Waals surface area contributed by atoms with Gasteiger partial charge in [-0.05, 0) is 19.1 Å². The van der Waals surface area contributed by atoms with Crippen LogP contribution in [0.25, 0.3) is 0 Å². The predicted molar refractivity (Wildman–Crippen MR) is 53.4 cm³/mol. The average molecular weight is 227 g/mol. The molecule has 2 rings (SSSR count). The SMILES string of the molecule is CC1C(=O)Nc2cccc(O)c2S1(=O)=O. The van der Waals surface area contributed by atoms with Crippen LogP contribution in [0.4, 0.5) is 5.69 Å². The van der Waals surface area contributed by atoms with E-state index in [4.69, 9.17) is 0 Å². The molecule has 1 aromatic carbocycles. The summed E-state index contributed by atoms with van der Waals surface area (Å²) in [7, 11) is -3.76. The zero-order chi connectivity index (χ0) is 11.2. The van der Waals surface area contributed by atoms with Crippen molar-refractivity contribution in [2.75, 3.05) is 5.32 Å². The first-order valence-electron chi connectivity index (χ1n) is 4.31. The highest BCUT2D eigenvalue weighted by molar-refractivity contribution is 7.93. The fourth-order valence-electron chi connectivity index (χ4n) is 1.47. The van der Waals surface area contributed by atoms with Crippen LogP contribution in [-0.4, -0.2) is 24.7 Å². The van der Waals surface area contributed by atoms with Crippen LogP contribution < -0.4 is 5.32 Å². The predicted octanol–water partition coefficient (Wildman–Crippen LogP) is 0.506. The van der Waals surface area contributed by atoms with Crippen LogP contribution in [0.1, 0.15) is 6.92 Å². The number of phenolic OH excluding ortho intramolecular Hbond substituents is 1. The topological polar surface area (TPSA) is 83.5 Å². The van der Waals surface area contributed by atoms with Crippen LogP contribution in [-0.2, 0) is 14.6 Å². The summed E-state index contributed by atoms with van der Waals surface area (Å²) in [5.41, 5.74) is 0.137. The van der Waals surface area contributed by atoms with Crippen molar-refractivity contribution in [2.45, 2.75) is 17.1 Å². The summed E-state index contributed by atoms with van der Waals surface area (Å²) >= 11 is 0. The summed E-state index contributed by atoms with van der Waals surface area (Å²) in [5, 5.41) is 10.7. The van der Waals surface area contributed by atoms with E-state index in [-0.39, 0.29) is 16.3 Å². The fourth-order valence-corrected chi connectivity index (χ4v) is 2.95. The maximum atomic E-state index is 11.8. The van der Waals surface area contributed by atoms with E-state index in [0.717, 1.165) is 0 Å². The van der Waals surface area contributed by atoms with E-state index in [9.17, 15) is 18.3 Å². The molecule has 1 unspecified atom stereocenters. The highest BCUT2D eigenvalue weighted by Gasteiger charge is 2.38. The van der Waals surface area contributed by atoms with E-state index in [1.54, 1.807) is 0 Å². The van der Waals surface area contributed by atoms with Crippen molar-refractivity contribution in [3.63, 3.8) is 0 Å². The number of benzene rings is 1. The van der Waals surface area contributed by atoms with Gasteiger partial charge in [0.1, 0.15) is 15.9 Å². The van der Waals surface area contributed by atoms with Gasteiger partial charge in [0.2, 0.25) is 5.91 Å². The van der Waals surface area contributed by atoms with Gasteiger partial charge in [-0.1, -0.05) is 6.07 Å². The number of sulfone groups is 1. The van der Waals surface area contributed by atoms with Gasteiger partial charge in [0.15, 0.2) is 9.84 Å². The zero-order valence-corrected chi connectivity index (χ0v) is 8.71. The van der Waals surface area contributed by atoms with Gasteiger partial charge < -0.3 is 10.4 Å². The van der Waals surface area contributed by atoms with E-state index in [1.165, 1.54) is 25.1 Å². The Morgan fingerprint density at radius 1 is 1.40 bits per heavy atom. The smallest absolute Gasteiger partial charge is 0.242 e. The van der Waals surface area contributed by atoms with Crippen molar-refractivity contribution in [1.82, 2.24) is 0 Å². The molecule has 1 aromatic rings. The van der Waals surface area contributed by atoms with Gasteiger partial charge in [0.05, 0.1) is 5.69 Å². The first-order valence-corrected chi connectivity index (χ1v) is 5.86. The quantitative estimate of drug-likeness (QED) is 0.676. The molecule has 0 aliphatic carbocycles. The Bertz CT molecular complexity index is 535. The Morgan fingerprint density at radius 2 is 2.07 bits per heavy atom. The minimum absolute atomic E-state index is 0.137. The normalized spacial score (nSPS) is 23.0. The van der Waals surface area contributed by atoms with E-state index in [0.29, 0.717) is 0 Å². The minimum atomic E-state index is -3.76. The lowest BCUT2D eigenvalue weighted by Crippen LogP contribution is -2.37. The molecule has 0 aromatic heterocycles. The minimum Gasteiger partial charge on any atom is -0.507 e. The van der Waals surface area contributed by atoms with Crippen LogP contribution in [0, 0.1) is 0 Å². The third-order valence-electron chi connectivity index (χ3n) is 2.37. The number of amides is 1. The van der Waals surface area contributed by atoms with Gasteiger partial charge in [0.25, 0.3) is 0 Å². The molecular weight excluding hydrogens is 218 g/mol. The summed E-state index contributed by atoms with van der Waals surface area (Å²) in [4.78, 5) is 11.1. The lowest BCUT2D eigenvalue weighted by atomic mass is 10.3. The van der Waals surface area contributed by atoms with Crippen LogP contribution in [0.3, 0.4) is 0 Å². The van der Waals surface area contributed by atoms with Gasteiger partial charge >= 0.3 is 0 Å². The number of aromatic hydroxyl groups is 1. The Balaban J connectivity index is 2.79. The largest absolute Gasteiger partial charge is 0.507 e. The van der Waals surface area contributed by atoms with Crippen LogP contribution in [0.2, 0.25) is 0 Å². The first kappa shape index (κ1) is 9.97. The number of nitrogens with one attached hydrogen (secondary N) is 1. The molecule has 80 valence electrons. The molecule has 0 saturated heterocycles. The van der Waals surface area contributed by atoms with Crippen molar-refractivity contribution in [3.8, 4) is 5.75 Å². The van der Waals surface area contributed by atoms with Crippen molar-refractivity contribution < 1.29 is 18.3 Å². The number of carbonyl (C=O) groups is 1. The molecule has 0 fully saturated rings. The number of hydrogen-bond acceptors (Lipinski definition) is 4. The molecule has 1 atom stereocenters. The maximum absolute atomic E-state index is 11.8. The van der Waals surface area contributed by atoms with Crippen molar-refractivity contribution in [2.24, 2.45) is 0 Å². The van der Waals surface area contributed by atoms with E-state index in [1.807, 2.05) is 0 Å². The highest BCUT2D eigenvalue weighted by atomic mass is 32.2. The molecular formula is C9H9NO4S. The third kappa shape index (κ3) is 1.29. The number of hydrogen-bond donors (Lipinski definition) is 2. The second kappa shape index (κ2) is 2.96. The monoisotopic (exact) mass is 227 g/mol. The lowest BCUT2D eigenvalue weighted by molar-refractivity contribution is -0.115. The highest BCUT2D eigenvalue weighted by Crippen LogP contribution is 2.36. The summed E-state index contributed by atoms with van der Waals surface area (Å²) in [5.74, 6) is -0.910. The third-order valence-corrected chi connectivity index (χ3v) is 4.51. The Morgan fingerprint density at radius 3 is 2.73 bits per heavy atom. The maximum Gasteiger partial charge on any atom is 0.242 e. The molecule has 0 radical (unpaired) electrons. The molecule has 1 heterocycles. The van der Waals surface area contributed by atoms with Crippen LogP contribution in [0.15, 0.2) is 23.1 Å². The summed E-state index contributed by atoms with van der Waals surface area (Å²) in [6.45, 7) is 1.29. The first-order chi connectivity index (χ1) is 6.94. The van der Waals surface area contributed by atoms with Gasteiger partial charge in [-0.3, -0.25) is 4.79 Å². The molecule has 2 N–H and O–H groups in total. The Labute approximate surface area is 86.7 Å². The van der Waals surface area contributed by atoms with Gasteiger partial charge in [0, 0.05) is 0 Å². The fraction of sp³-hybridized carbons (Fsp3) is 0.222. The number of anilines is 1. The summed E-state index contributed by atoms with van der Waals surface area (Å²) in [6.07, 6.45) is 0. The number of rotatable bonds is 0.